The van der Waals surface area contributed by atoms with Gasteiger partial charge in [0.2, 0.25) is 5.91 Å². The molecule has 1 aliphatic carbocycles. The molecule has 0 radical (unpaired) electrons. The summed E-state index contributed by atoms with van der Waals surface area (Å²) in [5.41, 5.74) is 0.875. The van der Waals surface area contributed by atoms with Crippen molar-refractivity contribution in [2.75, 3.05) is 0 Å². The SMILES string of the molecule is CC(C)[C@H](Cn1nc(C2CC2)ccc1=O)NC(=O)Cc1cccs1. The molecule has 1 amide bonds. The van der Waals surface area contributed by atoms with E-state index in [1.54, 1.807) is 17.4 Å². The molecule has 2 aromatic heterocycles. The smallest absolute Gasteiger partial charge is 0.266 e. The standard InChI is InChI=1S/C18H23N3O2S/c1-12(2)16(19-17(22)10-14-4-3-9-24-14)11-21-18(23)8-7-15(20-21)13-5-6-13/h3-4,7-9,12-13,16H,5-6,10-11H2,1-2H3,(H,19,22)/t16-/m0/s1. The van der Waals surface area contributed by atoms with E-state index < -0.39 is 0 Å². The quantitative estimate of drug-likeness (QED) is 0.839. The number of hydrogen-bond donors (Lipinski definition) is 1. The Balaban J connectivity index is 1.68. The summed E-state index contributed by atoms with van der Waals surface area (Å²) in [4.78, 5) is 25.4. The van der Waals surface area contributed by atoms with Gasteiger partial charge in [-0.3, -0.25) is 9.59 Å². The Morgan fingerprint density at radius 1 is 1.38 bits per heavy atom. The molecule has 1 aliphatic rings. The summed E-state index contributed by atoms with van der Waals surface area (Å²) >= 11 is 1.58. The van der Waals surface area contributed by atoms with E-state index >= 15 is 0 Å². The predicted molar refractivity (Wildman–Crippen MR) is 95.3 cm³/mol. The fraction of sp³-hybridized carbons (Fsp3) is 0.500. The first-order valence-electron chi connectivity index (χ1n) is 8.42. The van der Waals surface area contributed by atoms with Gasteiger partial charge >= 0.3 is 0 Å². The second-order valence-corrected chi connectivity index (χ2v) is 7.76. The van der Waals surface area contributed by atoms with Crippen LogP contribution < -0.4 is 10.9 Å². The van der Waals surface area contributed by atoms with E-state index in [1.165, 1.54) is 4.68 Å². The first kappa shape index (κ1) is 16.9. The van der Waals surface area contributed by atoms with Crippen LogP contribution in [0.1, 0.15) is 43.2 Å². The number of nitrogens with zero attached hydrogens (tertiary/aromatic N) is 2. The Bertz CT molecular complexity index is 748. The third-order valence-electron chi connectivity index (χ3n) is 4.32. The number of rotatable bonds is 7. The van der Waals surface area contributed by atoms with Gasteiger partial charge in [0.1, 0.15) is 0 Å². The van der Waals surface area contributed by atoms with Crippen LogP contribution in [0.5, 0.6) is 0 Å². The van der Waals surface area contributed by atoms with Crippen LogP contribution in [0.4, 0.5) is 0 Å². The third-order valence-corrected chi connectivity index (χ3v) is 5.19. The molecule has 0 bridgehead atoms. The Morgan fingerprint density at radius 3 is 2.79 bits per heavy atom. The molecule has 128 valence electrons. The average Bonchev–Trinajstić information content (AvgIpc) is 3.26. The maximum atomic E-state index is 12.3. The van der Waals surface area contributed by atoms with Gasteiger partial charge in [-0.15, -0.1) is 11.3 Å². The van der Waals surface area contributed by atoms with Gasteiger partial charge in [-0.25, -0.2) is 4.68 Å². The molecular formula is C18H23N3O2S. The lowest BCUT2D eigenvalue weighted by Crippen LogP contribution is -2.44. The van der Waals surface area contributed by atoms with Crippen LogP contribution in [-0.2, 0) is 17.8 Å². The number of aromatic nitrogens is 2. The van der Waals surface area contributed by atoms with Crippen LogP contribution >= 0.6 is 11.3 Å². The first-order chi connectivity index (χ1) is 11.5. The van der Waals surface area contributed by atoms with Gasteiger partial charge in [0, 0.05) is 16.9 Å². The molecule has 2 heterocycles. The molecule has 2 aromatic rings. The van der Waals surface area contributed by atoms with Crippen LogP contribution in [-0.4, -0.2) is 21.7 Å². The molecule has 0 aromatic carbocycles. The van der Waals surface area contributed by atoms with Crippen LogP contribution in [0.2, 0.25) is 0 Å². The molecule has 0 aliphatic heterocycles. The number of carbonyl (C=O) groups is 1. The van der Waals surface area contributed by atoms with Gasteiger partial charge in [0.05, 0.1) is 24.7 Å². The average molecular weight is 345 g/mol. The molecule has 1 saturated carbocycles. The molecule has 3 rings (SSSR count). The Kier molecular flexibility index (Phi) is 5.14. The van der Waals surface area contributed by atoms with Gasteiger partial charge in [-0.05, 0) is 36.3 Å². The Labute approximate surface area is 145 Å². The van der Waals surface area contributed by atoms with Crippen molar-refractivity contribution in [1.29, 1.82) is 0 Å². The molecule has 1 fully saturated rings. The molecular weight excluding hydrogens is 322 g/mol. The van der Waals surface area contributed by atoms with Gasteiger partial charge < -0.3 is 5.32 Å². The van der Waals surface area contributed by atoms with E-state index in [2.05, 4.69) is 10.4 Å². The lowest BCUT2D eigenvalue weighted by atomic mass is 10.0. The summed E-state index contributed by atoms with van der Waals surface area (Å²) in [7, 11) is 0. The summed E-state index contributed by atoms with van der Waals surface area (Å²) in [5.74, 6) is 0.709. The lowest BCUT2D eigenvalue weighted by molar-refractivity contribution is -0.121. The van der Waals surface area contributed by atoms with E-state index in [1.807, 2.05) is 37.4 Å². The van der Waals surface area contributed by atoms with Crippen molar-refractivity contribution >= 4 is 17.2 Å². The van der Waals surface area contributed by atoms with Crippen LogP contribution in [0.25, 0.3) is 0 Å². The second kappa shape index (κ2) is 7.30. The van der Waals surface area contributed by atoms with Crippen LogP contribution in [0, 0.1) is 5.92 Å². The highest BCUT2D eigenvalue weighted by Gasteiger charge is 2.26. The largest absolute Gasteiger partial charge is 0.351 e. The van der Waals surface area contributed by atoms with Crippen molar-refractivity contribution < 1.29 is 4.79 Å². The molecule has 6 heteroatoms. The van der Waals surface area contributed by atoms with Crippen LogP contribution in [0.3, 0.4) is 0 Å². The van der Waals surface area contributed by atoms with Gasteiger partial charge in [0.15, 0.2) is 0 Å². The molecule has 0 saturated heterocycles. The van der Waals surface area contributed by atoms with Crippen molar-refractivity contribution in [2.45, 2.75) is 51.6 Å². The van der Waals surface area contributed by atoms with Crippen LogP contribution in [0.15, 0.2) is 34.4 Å². The van der Waals surface area contributed by atoms with Gasteiger partial charge in [-0.1, -0.05) is 19.9 Å². The highest BCUT2D eigenvalue weighted by atomic mass is 32.1. The number of hydrogen-bond acceptors (Lipinski definition) is 4. The zero-order valence-corrected chi connectivity index (χ0v) is 14.9. The molecule has 0 unspecified atom stereocenters. The van der Waals surface area contributed by atoms with E-state index in [9.17, 15) is 9.59 Å². The van der Waals surface area contributed by atoms with E-state index in [4.69, 9.17) is 0 Å². The van der Waals surface area contributed by atoms with Crippen molar-refractivity contribution in [1.82, 2.24) is 15.1 Å². The lowest BCUT2D eigenvalue weighted by Gasteiger charge is -2.23. The summed E-state index contributed by atoms with van der Waals surface area (Å²) in [6.07, 6.45) is 2.68. The fourth-order valence-electron chi connectivity index (χ4n) is 2.63. The first-order valence-corrected chi connectivity index (χ1v) is 9.30. The topological polar surface area (TPSA) is 64.0 Å². The highest BCUT2D eigenvalue weighted by Crippen LogP contribution is 2.38. The number of nitrogens with one attached hydrogen (secondary N) is 1. The summed E-state index contributed by atoms with van der Waals surface area (Å²) < 4.78 is 1.50. The molecule has 1 atom stereocenters. The minimum Gasteiger partial charge on any atom is -0.351 e. The predicted octanol–water partition coefficient (Wildman–Crippen LogP) is 2.57. The number of carbonyl (C=O) groups excluding carboxylic acids is 1. The van der Waals surface area contributed by atoms with E-state index in [-0.39, 0.29) is 23.4 Å². The maximum Gasteiger partial charge on any atom is 0.266 e. The number of thiophene rings is 1. The van der Waals surface area contributed by atoms with E-state index in [0.29, 0.717) is 18.9 Å². The normalized spacial score (nSPS) is 15.5. The van der Waals surface area contributed by atoms with Crippen molar-refractivity contribution in [3.8, 4) is 0 Å². The minimum absolute atomic E-state index is 0.0115. The zero-order chi connectivity index (χ0) is 17.1. The Hall–Kier alpha value is -1.95. The summed E-state index contributed by atoms with van der Waals surface area (Å²) in [5, 5.41) is 9.52. The zero-order valence-electron chi connectivity index (χ0n) is 14.1. The third kappa shape index (κ3) is 4.32. The molecule has 5 nitrogen and oxygen atoms in total. The Morgan fingerprint density at radius 2 is 2.17 bits per heavy atom. The maximum absolute atomic E-state index is 12.3. The monoisotopic (exact) mass is 345 g/mol. The minimum atomic E-state index is -0.114. The van der Waals surface area contributed by atoms with E-state index in [0.717, 1.165) is 23.4 Å². The summed E-state index contributed by atoms with van der Waals surface area (Å²) in [6.45, 7) is 4.50. The fourth-order valence-corrected chi connectivity index (χ4v) is 3.33. The van der Waals surface area contributed by atoms with Gasteiger partial charge in [0.25, 0.3) is 5.56 Å². The highest BCUT2D eigenvalue weighted by molar-refractivity contribution is 7.10. The van der Waals surface area contributed by atoms with Gasteiger partial charge in [-0.2, -0.15) is 5.10 Å². The van der Waals surface area contributed by atoms with Crippen molar-refractivity contribution in [3.63, 3.8) is 0 Å². The van der Waals surface area contributed by atoms with Crippen molar-refractivity contribution in [2.24, 2.45) is 5.92 Å². The second-order valence-electron chi connectivity index (χ2n) is 6.73. The molecule has 24 heavy (non-hydrogen) atoms. The molecule has 1 N–H and O–H groups in total. The summed E-state index contributed by atoms with van der Waals surface area (Å²) in [6, 6.07) is 7.21. The molecule has 0 spiro atoms. The number of amides is 1. The van der Waals surface area contributed by atoms with Crippen molar-refractivity contribution in [3.05, 3.63) is 50.6 Å².